The van der Waals surface area contributed by atoms with Gasteiger partial charge in [0.25, 0.3) is 0 Å². The molecule has 4 nitrogen and oxygen atoms in total. The molecule has 1 atom stereocenters. The second-order valence-electron chi connectivity index (χ2n) is 6.08. The lowest BCUT2D eigenvalue weighted by Crippen LogP contribution is -2.42. The summed E-state index contributed by atoms with van der Waals surface area (Å²) < 4.78 is 44.9. The number of nitrogens with two attached hydrogens (primary N) is 1. The molecular formula is C15H20FNO3S. The van der Waals surface area contributed by atoms with Crippen molar-refractivity contribution in [2.24, 2.45) is 0 Å². The van der Waals surface area contributed by atoms with Gasteiger partial charge in [-0.05, 0) is 43.9 Å². The normalized spacial score (nSPS) is 25.3. The monoisotopic (exact) mass is 313 g/mol. The number of anilines is 1. The van der Waals surface area contributed by atoms with Gasteiger partial charge in [-0.2, -0.15) is 0 Å². The first-order chi connectivity index (χ1) is 9.93. The topological polar surface area (TPSA) is 69.4 Å². The Morgan fingerprint density at radius 2 is 2.00 bits per heavy atom. The highest BCUT2D eigenvalue weighted by Gasteiger charge is 2.44. The quantitative estimate of drug-likeness (QED) is 0.852. The molecule has 1 spiro atoms. The molecule has 1 saturated carbocycles. The van der Waals surface area contributed by atoms with Crippen LogP contribution in [0.2, 0.25) is 0 Å². The molecule has 1 aromatic rings. The number of benzene rings is 1. The summed E-state index contributed by atoms with van der Waals surface area (Å²) in [5, 5.41) is -0.534. The zero-order chi connectivity index (χ0) is 15.1. The van der Waals surface area contributed by atoms with E-state index in [2.05, 4.69) is 0 Å². The van der Waals surface area contributed by atoms with Crippen molar-refractivity contribution >= 4 is 15.5 Å². The van der Waals surface area contributed by atoms with Gasteiger partial charge in [-0.25, -0.2) is 12.8 Å². The van der Waals surface area contributed by atoms with Crippen LogP contribution in [0.15, 0.2) is 23.1 Å². The van der Waals surface area contributed by atoms with Gasteiger partial charge in [0, 0.05) is 6.61 Å². The van der Waals surface area contributed by atoms with Crippen molar-refractivity contribution < 1.29 is 17.5 Å². The fraction of sp³-hybridized carbons (Fsp3) is 0.600. The SMILES string of the molecule is Nc1ccc(F)cc1S(=O)(=O)C1CCOC2(CCCC2)C1. The highest BCUT2D eigenvalue weighted by molar-refractivity contribution is 7.92. The van der Waals surface area contributed by atoms with Crippen LogP contribution in [-0.2, 0) is 14.6 Å². The third-order valence-electron chi connectivity index (χ3n) is 4.68. The maximum Gasteiger partial charge on any atom is 0.183 e. The van der Waals surface area contributed by atoms with Crippen molar-refractivity contribution in [3.8, 4) is 0 Å². The molecule has 0 amide bonds. The summed E-state index contributed by atoms with van der Waals surface area (Å²) in [7, 11) is -3.62. The van der Waals surface area contributed by atoms with Crippen molar-refractivity contribution in [1.82, 2.24) is 0 Å². The zero-order valence-electron chi connectivity index (χ0n) is 11.8. The highest BCUT2D eigenvalue weighted by atomic mass is 32.2. The summed E-state index contributed by atoms with van der Waals surface area (Å²) in [6.45, 7) is 0.444. The minimum atomic E-state index is -3.62. The molecule has 2 N–H and O–H groups in total. The first-order valence-electron chi connectivity index (χ1n) is 7.36. The fourth-order valence-corrected chi connectivity index (χ4v) is 5.51. The number of halogens is 1. The van der Waals surface area contributed by atoms with E-state index >= 15 is 0 Å². The minimum absolute atomic E-state index is 0.0810. The Bertz CT molecular complexity index is 638. The second-order valence-corrected chi connectivity index (χ2v) is 8.28. The Morgan fingerprint density at radius 1 is 1.29 bits per heavy atom. The number of nitrogen functional groups attached to an aromatic ring is 1. The molecule has 3 rings (SSSR count). The average Bonchev–Trinajstić information content (AvgIpc) is 2.89. The maximum absolute atomic E-state index is 13.4. The van der Waals surface area contributed by atoms with Crippen molar-refractivity contribution in [2.75, 3.05) is 12.3 Å². The van der Waals surface area contributed by atoms with Gasteiger partial charge >= 0.3 is 0 Å². The van der Waals surface area contributed by atoms with Crippen LogP contribution in [0.3, 0.4) is 0 Å². The molecule has 1 aromatic carbocycles. The van der Waals surface area contributed by atoms with E-state index in [0.29, 0.717) is 19.4 Å². The molecule has 0 radical (unpaired) electrons. The highest BCUT2D eigenvalue weighted by Crippen LogP contribution is 2.43. The predicted molar refractivity (Wildman–Crippen MR) is 78.2 cm³/mol. The van der Waals surface area contributed by atoms with Gasteiger partial charge in [0.05, 0.1) is 21.4 Å². The van der Waals surface area contributed by atoms with E-state index in [-0.39, 0.29) is 16.2 Å². The lowest BCUT2D eigenvalue weighted by atomic mass is 9.92. The Balaban J connectivity index is 1.92. The number of hydrogen-bond acceptors (Lipinski definition) is 4. The molecule has 2 fully saturated rings. The molecule has 1 aliphatic carbocycles. The Hall–Kier alpha value is -1.14. The summed E-state index contributed by atoms with van der Waals surface area (Å²) in [6, 6.07) is 3.52. The molecule has 2 aliphatic rings. The summed E-state index contributed by atoms with van der Waals surface area (Å²) >= 11 is 0. The van der Waals surface area contributed by atoms with Crippen LogP contribution in [0.1, 0.15) is 38.5 Å². The van der Waals surface area contributed by atoms with Crippen LogP contribution < -0.4 is 5.73 Å². The van der Waals surface area contributed by atoms with E-state index in [9.17, 15) is 12.8 Å². The van der Waals surface area contributed by atoms with Crippen LogP contribution in [0, 0.1) is 5.82 Å². The first kappa shape index (κ1) is 14.8. The summed E-state index contributed by atoms with van der Waals surface area (Å²) in [4.78, 5) is -0.0810. The smallest absolute Gasteiger partial charge is 0.183 e. The maximum atomic E-state index is 13.4. The standard InChI is InChI=1S/C15H20FNO3S/c16-11-3-4-13(17)14(9-11)21(18,19)12-5-8-20-15(10-12)6-1-2-7-15/h3-4,9,12H,1-2,5-8,10,17H2. The van der Waals surface area contributed by atoms with Gasteiger partial charge < -0.3 is 10.5 Å². The van der Waals surface area contributed by atoms with Gasteiger partial charge in [0.2, 0.25) is 0 Å². The van der Waals surface area contributed by atoms with Crippen molar-refractivity contribution in [3.05, 3.63) is 24.0 Å². The van der Waals surface area contributed by atoms with Crippen LogP contribution in [0.5, 0.6) is 0 Å². The van der Waals surface area contributed by atoms with Gasteiger partial charge in [-0.3, -0.25) is 0 Å². The van der Waals surface area contributed by atoms with E-state index in [1.165, 1.54) is 12.1 Å². The molecule has 0 bridgehead atoms. The molecule has 1 aliphatic heterocycles. The summed E-state index contributed by atoms with van der Waals surface area (Å²) in [6.07, 6.45) is 4.92. The second kappa shape index (κ2) is 5.25. The van der Waals surface area contributed by atoms with Gasteiger partial charge in [-0.15, -0.1) is 0 Å². The van der Waals surface area contributed by atoms with Crippen molar-refractivity contribution in [1.29, 1.82) is 0 Å². The fourth-order valence-electron chi connectivity index (χ4n) is 3.55. The predicted octanol–water partition coefficient (Wildman–Crippen LogP) is 2.67. The van der Waals surface area contributed by atoms with Gasteiger partial charge in [0.1, 0.15) is 5.82 Å². The first-order valence-corrected chi connectivity index (χ1v) is 8.91. The Labute approximate surface area is 124 Å². The lowest BCUT2D eigenvalue weighted by molar-refractivity contribution is -0.0713. The van der Waals surface area contributed by atoms with E-state index in [1.807, 2.05) is 0 Å². The molecule has 116 valence electrons. The molecule has 1 saturated heterocycles. The molecule has 1 heterocycles. The molecule has 6 heteroatoms. The van der Waals surface area contributed by atoms with Crippen LogP contribution in [0.25, 0.3) is 0 Å². The van der Waals surface area contributed by atoms with Crippen molar-refractivity contribution in [2.45, 2.75) is 54.3 Å². The lowest BCUT2D eigenvalue weighted by Gasteiger charge is -2.38. The Kier molecular flexibility index (Phi) is 3.69. The number of sulfone groups is 1. The summed E-state index contributed by atoms with van der Waals surface area (Å²) in [5.74, 6) is -0.578. The van der Waals surface area contributed by atoms with Crippen LogP contribution in [0.4, 0.5) is 10.1 Å². The van der Waals surface area contributed by atoms with E-state index in [4.69, 9.17) is 10.5 Å². The van der Waals surface area contributed by atoms with Gasteiger partial charge in [0.15, 0.2) is 9.84 Å². The number of hydrogen-bond donors (Lipinski definition) is 1. The third-order valence-corrected chi connectivity index (χ3v) is 6.93. The Morgan fingerprint density at radius 3 is 2.71 bits per heavy atom. The van der Waals surface area contributed by atoms with E-state index in [0.717, 1.165) is 31.7 Å². The molecule has 0 aromatic heterocycles. The number of rotatable bonds is 2. The number of ether oxygens (including phenoxy) is 1. The molecule has 1 unspecified atom stereocenters. The minimum Gasteiger partial charge on any atom is -0.398 e. The zero-order valence-corrected chi connectivity index (χ0v) is 12.7. The largest absolute Gasteiger partial charge is 0.398 e. The third kappa shape index (κ3) is 2.66. The van der Waals surface area contributed by atoms with Gasteiger partial charge in [-0.1, -0.05) is 12.8 Å². The van der Waals surface area contributed by atoms with Crippen LogP contribution in [-0.4, -0.2) is 25.9 Å². The van der Waals surface area contributed by atoms with E-state index < -0.39 is 20.9 Å². The summed E-state index contributed by atoms with van der Waals surface area (Å²) in [5.41, 5.74) is 5.57. The van der Waals surface area contributed by atoms with E-state index in [1.54, 1.807) is 0 Å². The molecular weight excluding hydrogens is 293 g/mol. The van der Waals surface area contributed by atoms with Crippen LogP contribution >= 0.6 is 0 Å². The average molecular weight is 313 g/mol. The van der Waals surface area contributed by atoms with Crippen molar-refractivity contribution in [3.63, 3.8) is 0 Å². The molecule has 21 heavy (non-hydrogen) atoms.